The predicted molar refractivity (Wildman–Crippen MR) is 77.4 cm³/mol. The van der Waals surface area contributed by atoms with Gasteiger partial charge in [0.25, 0.3) is 0 Å². The average Bonchev–Trinajstić information content (AvgIpc) is 2.28. The van der Waals surface area contributed by atoms with Crippen LogP contribution >= 0.6 is 15.9 Å². The van der Waals surface area contributed by atoms with Crippen LogP contribution in [-0.2, 0) is 0 Å². The Labute approximate surface area is 112 Å². The molecule has 1 heterocycles. The van der Waals surface area contributed by atoms with Crippen LogP contribution in [0.25, 0.3) is 0 Å². The maximum Gasteiger partial charge on any atom is 0.0415 e. The highest BCUT2D eigenvalue weighted by molar-refractivity contribution is 9.10. The van der Waals surface area contributed by atoms with Gasteiger partial charge in [-0.3, -0.25) is 0 Å². The first-order chi connectivity index (χ1) is 8.08. The van der Waals surface area contributed by atoms with Gasteiger partial charge < -0.3 is 10.6 Å². The molecule has 2 unspecified atom stereocenters. The predicted octanol–water partition coefficient (Wildman–Crippen LogP) is 3.71. The molecular weight excluding hydrogens is 276 g/mol. The molecule has 0 aromatic heterocycles. The van der Waals surface area contributed by atoms with Crippen LogP contribution in [-0.4, -0.2) is 13.1 Å². The first kappa shape index (κ1) is 12.9. The fourth-order valence-electron chi connectivity index (χ4n) is 2.59. The summed E-state index contributed by atoms with van der Waals surface area (Å²) >= 11 is 3.53. The first-order valence-corrected chi connectivity index (χ1v) is 7.17. The molecule has 17 heavy (non-hydrogen) atoms. The molecule has 3 heteroatoms. The van der Waals surface area contributed by atoms with Crippen LogP contribution in [0.5, 0.6) is 0 Å². The maximum absolute atomic E-state index is 6.08. The van der Waals surface area contributed by atoms with E-state index in [4.69, 9.17) is 5.73 Å². The Morgan fingerprint density at radius 2 is 2.24 bits per heavy atom. The van der Waals surface area contributed by atoms with E-state index in [2.05, 4.69) is 52.9 Å². The summed E-state index contributed by atoms with van der Waals surface area (Å²) in [6, 6.07) is 6.54. The Kier molecular flexibility index (Phi) is 4.10. The monoisotopic (exact) mass is 296 g/mol. The fourth-order valence-corrected chi connectivity index (χ4v) is 2.97. The van der Waals surface area contributed by atoms with Crippen LogP contribution in [0.2, 0.25) is 0 Å². The van der Waals surface area contributed by atoms with Crippen molar-refractivity contribution in [2.75, 3.05) is 18.0 Å². The van der Waals surface area contributed by atoms with E-state index in [1.165, 1.54) is 24.1 Å². The second-order valence-electron chi connectivity index (χ2n) is 5.19. The van der Waals surface area contributed by atoms with Crippen LogP contribution in [0.1, 0.15) is 38.3 Å². The molecule has 2 nitrogen and oxygen atoms in total. The zero-order chi connectivity index (χ0) is 12.4. The Bertz CT molecular complexity index is 390. The summed E-state index contributed by atoms with van der Waals surface area (Å²) in [5.41, 5.74) is 8.64. The van der Waals surface area contributed by atoms with Gasteiger partial charge in [-0.2, -0.15) is 0 Å². The number of nitrogens with two attached hydrogens (primary N) is 1. The van der Waals surface area contributed by atoms with Gasteiger partial charge in [-0.15, -0.1) is 0 Å². The van der Waals surface area contributed by atoms with Gasteiger partial charge >= 0.3 is 0 Å². The molecule has 2 atom stereocenters. The third-order valence-electron chi connectivity index (χ3n) is 3.48. The van der Waals surface area contributed by atoms with Crippen molar-refractivity contribution in [1.29, 1.82) is 0 Å². The van der Waals surface area contributed by atoms with Crippen molar-refractivity contribution in [2.24, 2.45) is 11.7 Å². The van der Waals surface area contributed by atoms with Crippen LogP contribution in [0, 0.1) is 5.92 Å². The van der Waals surface area contributed by atoms with E-state index in [1.54, 1.807) is 0 Å². The molecule has 1 aliphatic rings. The molecule has 0 amide bonds. The lowest BCUT2D eigenvalue weighted by Crippen LogP contribution is -2.35. The van der Waals surface area contributed by atoms with E-state index in [0.29, 0.717) is 0 Å². The smallest absolute Gasteiger partial charge is 0.0415 e. The van der Waals surface area contributed by atoms with Gasteiger partial charge in [-0.1, -0.05) is 22.9 Å². The second kappa shape index (κ2) is 5.40. The summed E-state index contributed by atoms with van der Waals surface area (Å²) < 4.78 is 1.11. The quantitative estimate of drug-likeness (QED) is 0.901. The molecule has 94 valence electrons. The van der Waals surface area contributed by atoms with E-state index < -0.39 is 0 Å². The van der Waals surface area contributed by atoms with Gasteiger partial charge in [0.15, 0.2) is 0 Å². The molecule has 0 spiro atoms. The fraction of sp³-hybridized carbons (Fsp3) is 0.571. The number of nitrogens with zero attached hydrogens (tertiary/aromatic N) is 1. The number of hydrogen-bond acceptors (Lipinski definition) is 2. The molecule has 1 aliphatic heterocycles. The largest absolute Gasteiger partial charge is 0.371 e. The van der Waals surface area contributed by atoms with Gasteiger partial charge in [-0.25, -0.2) is 0 Å². The average molecular weight is 297 g/mol. The molecule has 2 rings (SSSR count). The van der Waals surface area contributed by atoms with E-state index in [-0.39, 0.29) is 6.04 Å². The molecule has 0 bridgehead atoms. The number of piperidine rings is 1. The summed E-state index contributed by atoms with van der Waals surface area (Å²) in [7, 11) is 0. The molecule has 0 aliphatic carbocycles. The normalized spacial score (nSPS) is 22.6. The first-order valence-electron chi connectivity index (χ1n) is 6.38. The third kappa shape index (κ3) is 3.02. The highest BCUT2D eigenvalue weighted by Gasteiger charge is 2.19. The van der Waals surface area contributed by atoms with Gasteiger partial charge in [0, 0.05) is 29.3 Å². The van der Waals surface area contributed by atoms with Crippen LogP contribution in [0.4, 0.5) is 5.69 Å². The number of rotatable bonds is 2. The lowest BCUT2D eigenvalue weighted by molar-refractivity contribution is 0.445. The van der Waals surface area contributed by atoms with Crippen molar-refractivity contribution in [3.8, 4) is 0 Å². The van der Waals surface area contributed by atoms with Gasteiger partial charge in [0.1, 0.15) is 0 Å². The molecule has 1 aromatic rings. The van der Waals surface area contributed by atoms with Gasteiger partial charge in [0.2, 0.25) is 0 Å². The van der Waals surface area contributed by atoms with Crippen molar-refractivity contribution >= 4 is 21.6 Å². The number of hydrogen-bond donors (Lipinski definition) is 1. The standard InChI is InChI=1S/C14H21BrN2/c1-10-4-3-7-17(9-10)14-6-5-12(15)8-13(14)11(2)16/h5-6,8,10-11H,3-4,7,9,16H2,1-2H3. The van der Waals surface area contributed by atoms with E-state index in [1.807, 2.05) is 0 Å². The molecular formula is C14H21BrN2. The van der Waals surface area contributed by atoms with Crippen molar-refractivity contribution < 1.29 is 0 Å². The Morgan fingerprint density at radius 1 is 1.47 bits per heavy atom. The Balaban J connectivity index is 2.30. The van der Waals surface area contributed by atoms with E-state index in [0.717, 1.165) is 23.5 Å². The highest BCUT2D eigenvalue weighted by atomic mass is 79.9. The van der Waals surface area contributed by atoms with Crippen LogP contribution in [0.3, 0.4) is 0 Å². The molecule has 1 fully saturated rings. The van der Waals surface area contributed by atoms with Crippen LogP contribution < -0.4 is 10.6 Å². The third-order valence-corrected chi connectivity index (χ3v) is 3.97. The van der Waals surface area contributed by atoms with Crippen molar-refractivity contribution in [1.82, 2.24) is 0 Å². The van der Waals surface area contributed by atoms with E-state index >= 15 is 0 Å². The van der Waals surface area contributed by atoms with Crippen molar-refractivity contribution in [3.05, 3.63) is 28.2 Å². The highest BCUT2D eigenvalue weighted by Crippen LogP contribution is 2.31. The molecule has 0 radical (unpaired) electrons. The summed E-state index contributed by atoms with van der Waals surface area (Å²) in [4.78, 5) is 2.49. The molecule has 2 N–H and O–H groups in total. The molecule has 1 aromatic carbocycles. The number of benzene rings is 1. The minimum atomic E-state index is 0.0831. The van der Waals surface area contributed by atoms with Crippen molar-refractivity contribution in [2.45, 2.75) is 32.7 Å². The summed E-state index contributed by atoms with van der Waals surface area (Å²) in [5.74, 6) is 0.785. The summed E-state index contributed by atoms with van der Waals surface area (Å²) in [5, 5.41) is 0. The lowest BCUT2D eigenvalue weighted by atomic mass is 9.97. The Morgan fingerprint density at radius 3 is 2.88 bits per heavy atom. The maximum atomic E-state index is 6.08. The number of anilines is 1. The van der Waals surface area contributed by atoms with Gasteiger partial charge in [-0.05, 0) is 49.4 Å². The van der Waals surface area contributed by atoms with Crippen molar-refractivity contribution in [3.63, 3.8) is 0 Å². The minimum Gasteiger partial charge on any atom is -0.371 e. The topological polar surface area (TPSA) is 29.3 Å². The summed E-state index contributed by atoms with van der Waals surface area (Å²) in [6.45, 7) is 6.70. The molecule has 1 saturated heterocycles. The van der Waals surface area contributed by atoms with Crippen LogP contribution in [0.15, 0.2) is 22.7 Å². The zero-order valence-electron chi connectivity index (χ0n) is 10.6. The SMILES string of the molecule is CC1CCCN(c2ccc(Br)cc2C(C)N)C1. The Hall–Kier alpha value is -0.540. The second-order valence-corrected chi connectivity index (χ2v) is 6.10. The number of halogens is 1. The van der Waals surface area contributed by atoms with E-state index in [9.17, 15) is 0 Å². The zero-order valence-corrected chi connectivity index (χ0v) is 12.2. The van der Waals surface area contributed by atoms with Gasteiger partial charge in [0.05, 0.1) is 0 Å². The molecule has 0 saturated carbocycles. The lowest BCUT2D eigenvalue weighted by Gasteiger charge is -2.34. The summed E-state index contributed by atoms with van der Waals surface area (Å²) in [6.07, 6.45) is 2.64. The minimum absolute atomic E-state index is 0.0831.